The number of aliphatic hydroxyl groups excluding tert-OH is 1. The number of nitrogens with zero attached hydrogens (tertiary/aromatic N) is 1. The van der Waals surface area contributed by atoms with E-state index in [9.17, 15) is 4.79 Å². The number of urea groups is 1. The molecule has 1 atom stereocenters. The number of ether oxygens (including phenoxy) is 2. The van der Waals surface area contributed by atoms with Gasteiger partial charge in [0.1, 0.15) is 11.5 Å². The summed E-state index contributed by atoms with van der Waals surface area (Å²) in [6.07, 6.45) is 0.891. The SMILES string of the molecule is COc1ccc(OC)c([C@@H]2CCN(C(=O)NCc3ccc(CO)cc3)C2)c1. The molecule has 0 saturated carbocycles. The first-order chi connectivity index (χ1) is 13.1. The summed E-state index contributed by atoms with van der Waals surface area (Å²) in [4.78, 5) is 14.4. The maximum atomic E-state index is 12.5. The Hall–Kier alpha value is -2.73. The molecule has 0 bridgehead atoms. The Labute approximate surface area is 159 Å². The molecule has 1 heterocycles. The first-order valence-corrected chi connectivity index (χ1v) is 9.08. The number of hydrogen-bond donors (Lipinski definition) is 2. The number of carbonyl (C=O) groups excluding carboxylic acids is 1. The highest BCUT2D eigenvalue weighted by Crippen LogP contribution is 2.35. The number of amides is 2. The second kappa shape index (κ2) is 8.77. The standard InChI is InChI=1S/C21H26N2O4/c1-26-18-7-8-20(27-2)19(11-18)17-9-10-23(13-17)21(25)22-12-15-3-5-16(14-24)6-4-15/h3-8,11,17,24H,9-10,12-14H2,1-2H3,(H,22,25)/t17-/m1/s1. The molecule has 2 N–H and O–H groups in total. The number of likely N-dealkylation sites (tertiary alicyclic amines) is 1. The minimum atomic E-state index is -0.0643. The first-order valence-electron chi connectivity index (χ1n) is 9.08. The van der Waals surface area contributed by atoms with E-state index in [0.29, 0.717) is 19.6 Å². The van der Waals surface area contributed by atoms with E-state index in [0.717, 1.165) is 34.6 Å². The summed E-state index contributed by atoms with van der Waals surface area (Å²) in [5, 5.41) is 12.1. The van der Waals surface area contributed by atoms with Crippen LogP contribution in [-0.2, 0) is 13.2 Å². The van der Waals surface area contributed by atoms with Crippen molar-refractivity contribution in [1.82, 2.24) is 10.2 Å². The summed E-state index contributed by atoms with van der Waals surface area (Å²) in [6, 6.07) is 13.3. The van der Waals surface area contributed by atoms with Crippen LogP contribution in [0, 0.1) is 0 Å². The van der Waals surface area contributed by atoms with Gasteiger partial charge in [-0.2, -0.15) is 0 Å². The molecule has 2 aromatic carbocycles. The Kier molecular flexibility index (Phi) is 6.19. The smallest absolute Gasteiger partial charge is 0.317 e. The Morgan fingerprint density at radius 1 is 1.15 bits per heavy atom. The van der Waals surface area contributed by atoms with E-state index in [1.165, 1.54) is 0 Å². The predicted molar refractivity (Wildman–Crippen MR) is 103 cm³/mol. The van der Waals surface area contributed by atoms with Crippen LogP contribution in [0.25, 0.3) is 0 Å². The number of nitrogens with one attached hydrogen (secondary N) is 1. The highest BCUT2D eigenvalue weighted by molar-refractivity contribution is 5.74. The van der Waals surface area contributed by atoms with Crippen molar-refractivity contribution < 1.29 is 19.4 Å². The lowest BCUT2D eigenvalue weighted by Gasteiger charge is -2.19. The third-order valence-electron chi connectivity index (χ3n) is 5.00. The van der Waals surface area contributed by atoms with Crippen LogP contribution in [0.1, 0.15) is 29.0 Å². The maximum absolute atomic E-state index is 12.5. The average molecular weight is 370 g/mol. The van der Waals surface area contributed by atoms with E-state index in [1.807, 2.05) is 47.4 Å². The molecule has 1 fully saturated rings. The number of aliphatic hydroxyl groups is 1. The fourth-order valence-electron chi connectivity index (χ4n) is 3.41. The molecule has 144 valence electrons. The van der Waals surface area contributed by atoms with Crippen LogP contribution in [0.15, 0.2) is 42.5 Å². The Morgan fingerprint density at radius 3 is 2.56 bits per heavy atom. The van der Waals surface area contributed by atoms with E-state index in [4.69, 9.17) is 14.6 Å². The van der Waals surface area contributed by atoms with Gasteiger partial charge in [0.2, 0.25) is 0 Å². The highest BCUT2D eigenvalue weighted by Gasteiger charge is 2.29. The molecule has 6 nitrogen and oxygen atoms in total. The molecule has 0 aliphatic carbocycles. The number of benzene rings is 2. The van der Waals surface area contributed by atoms with Crippen molar-refractivity contribution in [3.63, 3.8) is 0 Å². The summed E-state index contributed by atoms with van der Waals surface area (Å²) < 4.78 is 10.8. The Balaban J connectivity index is 1.59. The quantitative estimate of drug-likeness (QED) is 0.820. The second-order valence-electron chi connectivity index (χ2n) is 6.67. The normalized spacial score (nSPS) is 16.3. The molecule has 1 aliphatic rings. The van der Waals surface area contributed by atoms with Crippen LogP contribution in [0.2, 0.25) is 0 Å². The molecule has 2 amide bonds. The van der Waals surface area contributed by atoms with Crippen molar-refractivity contribution >= 4 is 6.03 Å². The lowest BCUT2D eigenvalue weighted by molar-refractivity contribution is 0.207. The fourth-order valence-corrected chi connectivity index (χ4v) is 3.41. The van der Waals surface area contributed by atoms with Gasteiger partial charge in [0.25, 0.3) is 0 Å². The lowest BCUT2D eigenvalue weighted by atomic mass is 9.97. The molecule has 1 aliphatic heterocycles. The third-order valence-corrected chi connectivity index (χ3v) is 5.00. The molecule has 6 heteroatoms. The zero-order valence-corrected chi connectivity index (χ0v) is 15.8. The molecule has 2 aromatic rings. The third kappa shape index (κ3) is 4.52. The topological polar surface area (TPSA) is 71.0 Å². The molecule has 0 radical (unpaired) electrons. The zero-order valence-electron chi connectivity index (χ0n) is 15.8. The van der Waals surface area contributed by atoms with Crippen LogP contribution >= 0.6 is 0 Å². The highest BCUT2D eigenvalue weighted by atomic mass is 16.5. The number of carbonyl (C=O) groups is 1. The summed E-state index contributed by atoms with van der Waals surface area (Å²) >= 11 is 0. The van der Waals surface area contributed by atoms with Crippen molar-refractivity contribution in [2.45, 2.75) is 25.5 Å². The van der Waals surface area contributed by atoms with Gasteiger partial charge < -0.3 is 24.8 Å². The van der Waals surface area contributed by atoms with Crippen LogP contribution in [0.4, 0.5) is 4.79 Å². The fraction of sp³-hybridized carbons (Fsp3) is 0.381. The van der Waals surface area contributed by atoms with Crippen molar-refractivity contribution in [3.8, 4) is 11.5 Å². The molecule has 0 unspecified atom stereocenters. The van der Waals surface area contributed by atoms with Crippen molar-refractivity contribution in [2.24, 2.45) is 0 Å². The number of hydrogen-bond acceptors (Lipinski definition) is 4. The summed E-state index contributed by atoms with van der Waals surface area (Å²) in [5.41, 5.74) is 2.94. The Morgan fingerprint density at radius 2 is 1.89 bits per heavy atom. The van der Waals surface area contributed by atoms with Crippen LogP contribution in [-0.4, -0.2) is 43.3 Å². The number of rotatable bonds is 6. The summed E-state index contributed by atoms with van der Waals surface area (Å²) in [7, 11) is 3.31. The molecular weight excluding hydrogens is 344 g/mol. The van der Waals surface area contributed by atoms with E-state index >= 15 is 0 Å². The van der Waals surface area contributed by atoms with Crippen molar-refractivity contribution in [2.75, 3.05) is 27.3 Å². The van der Waals surface area contributed by atoms with Crippen molar-refractivity contribution in [3.05, 3.63) is 59.2 Å². The van der Waals surface area contributed by atoms with E-state index in [2.05, 4.69) is 5.32 Å². The van der Waals surface area contributed by atoms with Gasteiger partial charge in [0, 0.05) is 31.1 Å². The summed E-state index contributed by atoms with van der Waals surface area (Å²) in [6.45, 7) is 1.85. The van der Waals surface area contributed by atoms with E-state index < -0.39 is 0 Å². The van der Waals surface area contributed by atoms with Crippen LogP contribution < -0.4 is 14.8 Å². The molecule has 1 saturated heterocycles. The average Bonchev–Trinajstić information content (AvgIpc) is 3.22. The van der Waals surface area contributed by atoms with Gasteiger partial charge in [-0.25, -0.2) is 4.79 Å². The second-order valence-corrected chi connectivity index (χ2v) is 6.67. The van der Waals surface area contributed by atoms with E-state index in [-0.39, 0.29) is 18.6 Å². The summed E-state index contributed by atoms with van der Waals surface area (Å²) in [5.74, 6) is 1.84. The van der Waals surface area contributed by atoms with Gasteiger partial charge >= 0.3 is 6.03 Å². The minimum absolute atomic E-state index is 0.0234. The first kappa shape index (κ1) is 19.0. The minimum Gasteiger partial charge on any atom is -0.497 e. The predicted octanol–water partition coefficient (Wildman–Crippen LogP) is 2.90. The van der Waals surface area contributed by atoms with Crippen LogP contribution in [0.5, 0.6) is 11.5 Å². The molecule has 0 aromatic heterocycles. The molecule has 0 spiro atoms. The Bertz CT molecular complexity index is 776. The molecule has 27 heavy (non-hydrogen) atoms. The van der Waals surface area contributed by atoms with Crippen LogP contribution in [0.3, 0.4) is 0 Å². The number of methoxy groups -OCH3 is 2. The van der Waals surface area contributed by atoms with Gasteiger partial charge in [0.05, 0.1) is 20.8 Å². The van der Waals surface area contributed by atoms with Gasteiger partial charge in [-0.1, -0.05) is 24.3 Å². The molecular formula is C21H26N2O4. The lowest BCUT2D eigenvalue weighted by Crippen LogP contribution is -2.37. The van der Waals surface area contributed by atoms with Gasteiger partial charge in [0.15, 0.2) is 0 Å². The zero-order chi connectivity index (χ0) is 19.2. The van der Waals surface area contributed by atoms with Gasteiger partial charge in [-0.15, -0.1) is 0 Å². The maximum Gasteiger partial charge on any atom is 0.317 e. The monoisotopic (exact) mass is 370 g/mol. The van der Waals surface area contributed by atoms with Gasteiger partial charge in [-0.05, 0) is 35.7 Å². The van der Waals surface area contributed by atoms with Crippen molar-refractivity contribution in [1.29, 1.82) is 0 Å². The largest absolute Gasteiger partial charge is 0.497 e. The van der Waals surface area contributed by atoms with Gasteiger partial charge in [-0.3, -0.25) is 0 Å². The molecule has 3 rings (SSSR count). The van der Waals surface area contributed by atoms with E-state index in [1.54, 1.807) is 14.2 Å².